The average Bonchev–Trinajstić information content (AvgIpc) is 3.10. The standard InChI is InChI=1S/C22H25F3N4O3/c1-31-16-4-5-19-18(14-16)26-21(30)29(19)12-9-27-7-10-28(11-8-27)15-3-6-20(32-2)17(13-15)22(23,24)25/h3-6,13-14H,7-12H2,1-2H3,(H,26,30). The minimum Gasteiger partial charge on any atom is -0.497 e. The lowest BCUT2D eigenvalue weighted by Gasteiger charge is -2.36. The molecule has 1 aromatic heterocycles. The van der Waals surface area contributed by atoms with E-state index in [1.54, 1.807) is 23.8 Å². The number of ether oxygens (including phenoxy) is 2. The van der Waals surface area contributed by atoms with Crippen molar-refractivity contribution >= 4 is 16.7 Å². The Labute approximate surface area is 182 Å². The van der Waals surface area contributed by atoms with E-state index in [2.05, 4.69) is 9.88 Å². The SMILES string of the molecule is COc1ccc2c(c1)[nH]c(=O)n2CCN1CCN(c2ccc(OC)c(C(F)(F)F)c2)CC1. The van der Waals surface area contributed by atoms with Crippen molar-refractivity contribution in [2.45, 2.75) is 12.7 Å². The molecule has 1 N–H and O–H groups in total. The molecule has 172 valence electrons. The maximum atomic E-state index is 13.3. The van der Waals surface area contributed by atoms with Crippen molar-refractivity contribution < 1.29 is 22.6 Å². The molecule has 0 atom stereocenters. The Balaban J connectivity index is 1.39. The Morgan fingerprint density at radius 3 is 2.38 bits per heavy atom. The Morgan fingerprint density at radius 1 is 0.969 bits per heavy atom. The van der Waals surface area contributed by atoms with Crippen LogP contribution in [0.15, 0.2) is 41.2 Å². The fourth-order valence-electron chi connectivity index (χ4n) is 4.08. The van der Waals surface area contributed by atoms with Crippen LogP contribution in [0.2, 0.25) is 0 Å². The summed E-state index contributed by atoms with van der Waals surface area (Å²) in [6.45, 7) is 3.78. The zero-order valence-corrected chi connectivity index (χ0v) is 17.9. The normalized spacial score (nSPS) is 15.3. The van der Waals surface area contributed by atoms with Crippen LogP contribution in [-0.2, 0) is 12.7 Å². The second-order valence-corrected chi connectivity index (χ2v) is 7.68. The van der Waals surface area contributed by atoms with Gasteiger partial charge in [0.1, 0.15) is 11.5 Å². The van der Waals surface area contributed by atoms with Crippen LogP contribution in [0.5, 0.6) is 11.5 Å². The summed E-state index contributed by atoms with van der Waals surface area (Å²) in [6, 6.07) is 9.62. The van der Waals surface area contributed by atoms with Crippen LogP contribution in [0.3, 0.4) is 0 Å². The number of anilines is 1. The number of H-pyrrole nitrogens is 1. The van der Waals surface area contributed by atoms with Gasteiger partial charge in [0.2, 0.25) is 0 Å². The highest BCUT2D eigenvalue weighted by Gasteiger charge is 2.35. The van der Waals surface area contributed by atoms with Gasteiger partial charge in [0.05, 0.1) is 30.8 Å². The molecule has 0 saturated carbocycles. The van der Waals surface area contributed by atoms with Crippen LogP contribution in [0.1, 0.15) is 5.56 Å². The number of methoxy groups -OCH3 is 2. The minimum absolute atomic E-state index is 0.176. The molecule has 10 heteroatoms. The van der Waals surface area contributed by atoms with Crippen LogP contribution >= 0.6 is 0 Å². The van der Waals surface area contributed by atoms with Crippen molar-refractivity contribution in [2.24, 2.45) is 0 Å². The summed E-state index contributed by atoms with van der Waals surface area (Å²) in [6.07, 6.45) is -4.47. The molecule has 0 amide bonds. The highest BCUT2D eigenvalue weighted by atomic mass is 19.4. The number of fused-ring (bicyclic) bond motifs is 1. The average molecular weight is 450 g/mol. The summed E-state index contributed by atoms with van der Waals surface area (Å²) in [5.41, 5.74) is 1.12. The first-order chi connectivity index (χ1) is 15.3. The van der Waals surface area contributed by atoms with E-state index in [0.29, 0.717) is 50.7 Å². The largest absolute Gasteiger partial charge is 0.497 e. The molecule has 7 nitrogen and oxygen atoms in total. The Hall–Kier alpha value is -3.14. The van der Waals surface area contributed by atoms with E-state index in [9.17, 15) is 18.0 Å². The predicted octanol–water partition coefficient (Wildman–Crippen LogP) is 3.19. The fourth-order valence-corrected chi connectivity index (χ4v) is 4.08. The molecule has 0 bridgehead atoms. The number of benzene rings is 2. The van der Waals surface area contributed by atoms with Crippen molar-refractivity contribution in [3.63, 3.8) is 0 Å². The maximum absolute atomic E-state index is 13.3. The summed E-state index contributed by atoms with van der Waals surface area (Å²) in [4.78, 5) is 19.3. The molecule has 3 aromatic rings. The van der Waals surface area contributed by atoms with Gasteiger partial charge < -0.3 is 19.4 Å². The molecule has 0 aliphatic carbocycles. The van der Waals surface area contributed by atoms with Crippen molar-refractivity contribution in [3.8, 4) is 11.5 Å². The molecule has 1 saturated heterocycles. The molecular formula is C22H25F3N4O3. The van der Waals surface area contributed by atoms with E-state index in [0.717, 1.165) is 17.1 Å². The predicted molar refractivity (Wildman–Crippen MR) is 116 cm³/mol. The van der Waals surface area contributed by atoms with E-state index in [-0.39, 0.29) is 11.4 Å². The van der Waals surface area contributed by atoms with Gasteiger partial charge in [-0.3, -0.25) is 9.47 Å². The first-order valence-corrected chi connectivity index (χ1v) is 10.3. The number of aromatic amines is 1. The first kappa shape index (κ1) is 22.1. The first-order valence-electron chi connectivity index (χ1n) is 10.3. The number of piperazine rings is 1. The third kappa shape index (κ3) is 4.40. The van der Waals surface area contributed by atoms with Gasteiger partial charge in [-0.2, -0.15) is 13.2 Å². The number of aromatic nitrogens is 2. The monoisotopic (exact) mass is 450 g/mol. The van der Waals surface area contributed by atoms with Crippen LogP contribution in [-0.4, -0.2) is 61.4 Å². The second-order valence-electron chi connectivity index (χ2n) is 7.68. The van der Waals surface area contributed by atoms with Gasteiger partial charge in [0, 0.05) is 51.0 Å². The van der Waals surface area contributed by atoms with Crippen molar-refractivity contribution in [1.29, 1.82) is 0 Å². The van der Waals surface area contributed by atoms with Gasteiger partial charge in [-0.05, 0) is 30.3 Å². The van der Waals surface area contributed by atoms with Gasteiger partial charge in [-0.25, -0.2) is 4.79 Å². The Kier molecular flexibility index (Phi) is 6.05. The minimum atomic E-state index is -4.47. The third-order valence-corrected chi connectivity index (χ3v) is 5.85. The van der Waals surface area contributed by atoms with Crippen LogP contribution < -0.4 is 20.1 Å². The van der Waals surface area contributed by atoms with Crippen molar-refractivity contribution in [1.82, 2.24) is 14.5 Å². The van der Waals surface area contributed by atoms with Crippen molar-refractivity contribution in [2.75, 3.05) is 51.8 Å². The van der Waals surface area contributed by atoms with Crippen molar-refractivity contribution in [3.05, 3.63) is 52.4 Å². The smallest absolute Gasteiger partial charge is 0.420 e. The van der Waals surface area contributed by atoms with E-state index >= 15 is 0 Å². The summed E-state index contributed by atoms with van der Waals surface area (Å²) in [7, 11) is 2.81. The molecular weight excluding hydrogens is 425 g/mol. The highest BCUT2D eigenvalue weighted by molar-refractivity contribution is 5.77. The molecule has 2 heterocycles. The van der Waals surface area contributed by atoms with Crippen LogP contribution in [0, 0.1) is 0 Å². The number of halogens is 3. The molecule has 4 rings (SSSR count). The van der Waals surface area contributed by atoms with E-state index in [4.69, 9.17) is 9.47 Å². The number of rotatable bonds is 6. The summed E-state index contributed by atoms with van der Waals surface area (Å²) in [5.74, 6) is 0.496. The number of nitrogens with zero attached hydrogens (tertiary/aromatic N) is 3. The molecule has 32 heavy (non-hydrogen) atoms. The van der Waals surface area contributed by atoms with Gasteiger partial charge in [-0.1, -0.05) is 0 Å². The molecule has 0 spiro atoms. The quantitative estimate of drug-likeness (QED) is 0.625. The summed E-state index contributed by atoms with van der Waals surface area (Å²) in [5, 5.41) is 0. The number of imidazole rings is 1. The Bertz CT molecular complexity index is 1150. The number of hydrogen-bond donors (Lipinski definition) is 1. The number of nitrogens with one attached hydrogen (secondary N) is 1. The third-order valence-electron chi connectivity index (χ3n) is 5.85. The highest BCUT2D eigenvalue weighted by Crippen LogP contribution is 2.38. The lowest BCUT2D eigenvalue weighted by molar-refractivity contribution is -0.138. The van der Waals surface area contributed by atoms with E-state index < -0.39 is 11.7 Å². The van der Waals surface area contributed by atoms with Crippen LogP contribution in [0.4, 0.5) is 18.9 Å². The topological polar surface area (TPSA) is 62.7 Å². The van der Waals surface area contributed by atoms with Gasteiger partial charge in [-0.15, -0.1) is 0 Å². The fraction of sp³-hybridized carbons (Fsp3) is 0.409. The number of hydrogen-bond acceptors (Lipinski definition) is 5. The van der Waals surface area contributed by atoms with Gasteiger partial charge >= 0.3 is 11.9 Å². The maximum Gasteiger partial charge on any atom is 0.420 e. The van der Waals surface area contributed by atoms with Crippen LogP contribution in [0.25, 0.3) is 11.0 Å². The molecule has 0 unspecified atom stereocenters. The van der Waals surface area contributed by atoms with E-state index in [1.807, 2.05) is 17.0 Å². The van der Waals surface area contributed by atoms with E-state index in [1.165, 1.54) is 13.2 Å². The molecule has 2 aromatic carbocycles. The Morgan fingerprint density at radius 2 is 1.72 bits per heavy atom. The summed E-state index contributed by atoms with van der Waals surface area (Å²) < 4.78 is 51.7. The lowest BCUT2D eigenvalue weighted by atomic mass is 10.1. The summed E-state index contributed by atoms with van der Waals surface area (Å²) >= 11 is 0. The zero-order chi connectivity index (χ0) is 22.9. The molecule has 1 fully saturated rings. The van der Waals surface area contributed by atoms with Gasteiger partial charge in [0.25, 0.3) is 0 Å². The molecule has 1 aliphatic rings. The second kappa shape index (κ2) is 8.78. The lowest BCUT2D eigenvalue weighted by Crippen LogP contribution is -2.47. The number of alkyl halides is 3. The molecule has 0 radical (unpaired) electrons. The molecule has 1 aliphatic heterocycles. The zero-order valence-electron chi connectivity index (χ0n) is 17.9. The van der Waals surface area contributed by atoms with Gasteiger partial charge in [0.15, 0.2) is 0 Å².